The Bertz CT molecular complexity index is 485. The van der Waals surface area contributed by atoms with E-state index in [4.69, 9.17) is 0 Å². The van der Waals surface area contributed by atoms with Crippen LogP contribution in [0.3, 0.4) is 0 Å². The molecule has 0 radical (unpaired) electrons. The van der Waals surface area contributed by atoms with E-state index in [0.717, 1.165) is 44.3 Å². The highest BCUT2D eigenvalue weighted by molar-refractivity contribution is 5.90. The Morgan fingerprint density at radius 3 is 2.00 bits per heavy atom. The van der Waals surface area contributed by atoms with Crippen molar-refractivity contribution in [3.63, 3.8) is 0 Å². The monoisotopic (exact) mass is 346 g/mol. The molecule has 0 N–H and O–H groups in total. The summed E-state index contributed by atoms with van der Waals surface area (Å²) in [6.07, 6.45) is 13.6. The largest absolute Gasteiger partial charge is 0.295 e. The molecule has 0 aliphatic rings. The Morgan fingerprint density at radius 1 is 1.00 bits per heavy atom. The molecule has 1 aromatic rings. The second-order valence-corrected chi connectivity index (χ2v) is 6.25. The molecule has 142 valence electrons. The molecule has 3 heteroatoms. The van der Waals surface area contributed by atoms with Gasteiger partial charge in [-0.1, -0.05) is 66.4 Å². The molecule has 1 rings (SSSR count). The lowest BCUT2D eigenvalue weighted by Crippen LogP contribution is -2.11. The SMILES string of the molecule is CC.CCCc1cnc(C/C(=C/C(=O)CC)C(CCC)CCC)nc1. The van der Waals surface area contributed by atoms with E-state index >= 15 is 0 Å². The maximum atomic E-state index is 11.9. The normalized spacial score (nSPS) is 11.2. The van der Waals surface area contributed by atoms with Crippen molar-refractivity contribution >= 4 is 5.78 Å². The van der Waals surface area contributed by atoms with Gasteiger partial charge in [0.05, 0.1) is 0 Å². The van der Waals surface area contributed by atoms with Gasteiger partial charge >= 0.3 is 0 Å². The number of rotatable bonds is 11. The molecule has 0 fully saturated rings. The van der Waals surface area contributed by atoms with E-state index in [9.17, 15) is 4.79 Å². The van der Waals surface area contributed by atoms with E-state index in [1.807, 2.05) is 39.2 Å². The number of aryl methyl sites for hydroxylation is 1. The highest BCUT2D eigenvalue weighted by Gasteiger charge is 2.16. The molecule has 0 saturated heterocycles. The van der Waals surface area contributed by atoms with Crippen LogP contribution in [0.2, 0.25) is 0 Å². The van der Waals surface area contributed by atoms with Crippen molar-refractivity contribution in [3.8, 4) is 0 Å². The average molecular weight is 347 g/mol. The van der Waals surface area contributed by atoms with Crippen LogP contribution >= 0.6 is 0 Å². The number of hydrogen-bond acceptors (Lipinski definition) is 3. The zero-order valence-electron chi connectivity index (χ0n) is 17.3. The molecule has 0 amide bonds. The first-order chi connectivity index (χ1) is 12.1. The minimum absolute atomic E-state index is 0.208. The highest BCUT2D eigenvalue weighted by atomic mass is 16.1. The minimum atomic E-state index is 0.208. The predicted octanol–water partition coefficient (Wildman–Crippen LogP) is 6.12. The molecule has 3 nitrogen and oxygen atoms in total. The van der Waals surface area contributed by atoms with Crippen LogP contribution in [0, 0.1) is 5.92 Å². The third kappa shape index (κ3) is 9.52. The van der Waals surface area contributed by atoms with Crippen LogP contribution in [0.25, 0.3) is 0 Å². The zero-order valence-corrected chi connectivity index (χ0v) is 17.3. The molecular weight excluding hydrogens is 308 g/mol. The Morgan fingerprint density at radius 2 is 1.56 bits per heavy atom. The summed E-state index contributed by atoms with van der Waals surface area (Å²) in [4.78, 5) is 21.0. The van der Waals surface area contributed by atoms with Crippen molar-refractivity contribution in [2.45, 2.75) is 92.9 Å². The predicted molar refractivity (Wildman–Crippen MR) is 108 cm³/mol. The number of hydrogen-bond donors (Lipinski definition) is 0. The summed E-state index contributed by atoms with van der Waals surface area (Å²) >= 11 is 0. The highest BCUT2D eigenvalue weighted by Crippen LogP contribution is 2.25. The molecule has 0 saturated carbocycles. The van der Waals surface area contributed by atoms with Crippen LogP contribution in [0.4, 0.5) is 0 Å². The summed E-state index contributed by atoms with van der Waals surface area (Å²) in [5.74, 6) is 1.51. The summed E-state index contributed by atoms with van der Waals surface area (Å²) < 4.78 is 0. The number of carbonyl (C=O) groups excluding carboxylic acids is 1. The molecule has 0 atom stereocenters. The van der Waals surface area contributed by atoms with Crippen molar-refractivity contribution in [2.24, 2.45) is 5.92 Å². The van der Waals surface area contributed by atoms with Gasteiger partial charge in [0.2, 0.25) is 0 Å². The lowest BCUT2D eigenvalue weighted by atomic mass is 9.87. The van der Waals surface area contributed by atoms with Gasteiger partial charge in [-0.3, -0.25) is 4.79 Å². The number of nitrogens with zero attached hydrogens (tertiary/aromatic N) is 2. The van der Waals surface area contributed by atoms with Crippen molar-refractivity contribution in [1.29, 1.82) is 0 Å². The van der Waals surface area contributed by atoms with Gasteiger partial charge in [-0.2, -0.15) is 0 Å². The Hall–Kier alpha value is -1.51. The van der Waals surface area contributed by atoms with Gasteiger partial charge in [0.25, 0.3) is 0 Å². The quantitative estimate of drug-likeness (QED) is 0.453. The second-order valence-electron chi connectivity index (χ2n) is 6.25. The molecule has 0 aromatic carbocycles. The fourth-order valence-electron chi connectivity index (χ4n) is 2.91. The number of allylic oxidation sites excluding steroid dienone is 2. The third-order valence-corrected chi connectivity index (χ3v) is 4.15. The molecule has 0 unspecified atom stereocenters. The van der Waals surface area contributed by atoms with Crippen LogP contribution < -0.4 is 0 Å². The summed E-state index contributed by atoms with van der Waals surface area (Å²) in [6.45, 7) is 12.5. The van der Waals surface area contributed by atoms with Crippen molar-refractivity contribution in [3.05, 3.63) is 35.4 Å². The summed E-state index contributed by atoms with van der Waals surface area (Å²) in [5.41, 5.74) is 2.40. The van der Waals surface area contributed by atoms with Gasteiger partial charge < -0.3 is 0 Å². The third-order valence-electron chi connectivity index (χ3n) is 4.15. The Balaban J connectivity index is 0.00000277. The fraction of sp³-hybridized carbons (Fsp3) is 0.682. The number of carbonyl (C=O) groups is 1. The van der Waals surface area contributed by atoms with E-state index in [1.54, 1.807) is 0 Å². The Kier molecular flexibility index (Phi) is 13.9. The second kappa shape index (κ2) is 14.8. The van der Waals surface area contributed by atoms with Gasteiger partial charge in [0, 0.05) is 25.2 Å². The first kappa shape index (κ1) is 23.5. The van der Waals surface area contributed by atoms with Crippen LogP contribution in [-0.2, 0) is 17.6 Å². The molecule has 1 heterocycles. The van der Waals surface area contributed by atoms with E-state index in [1.165, 1.54) is 11.1 Å². The topological polar surface area (TPSA) is 42.9 Å². The smallest absolute Gasteiger partial charge is 0.155 e. The van der Waals surface area contributed by atoms with Gasteiger partial charge in [-0.15, -0.1) is 0 Å². The van der Waals surface area contributed by atoms with Crippen LogP contribution in [0.5, 0.6) is 0 Å². The van der Waals surface area contributed by atoms with E-state index in [-0.39, 0.29) is 5.78 Å². The van der Waals surface area contributed by atoms with E-state index < -0.39 is 0 Å². The van der Waals surface area contributed by atoms with Crippen molar-refractivity contribution < 1.29 is 4.79 Å². The van der Waals surface area contributed by atoms with Gasteiger partial charge in [0.15, 0.2) is 5.78 Å². The molecule has 0 spiro atoms. The molecule has 1 aromatic heterocycles. The number of ketones is 1. The van der Waals surface area contributed by atoms with Crippen LogP contribution in [-0.4, -0.2) is 15.8 Å². The molecular formula is C22H38N2O. The fourth-order valence-corrected chi connectivity index (χ4v) is 2.91. The molecule has 0 aliphatic heterocycles. The van der Waals surface area contributed by atoms with Gasteiger partial charge in [-0.05, 0) is 36.8 Å². The standard InChI is InChI=1S/C20H32N2O.C2H6/c1-5-9-16-14-21-20(22-15-16)13-18(12-19(23)8-4)17(10-6-2)11-7-3;1-2/h12,14-15,17H,5-11,13H2,1-4H3;1-2H3/b18-12-;. The van der Waals surface area contributed by atoms with Crippen molar-refractivity contribution in [1.82, 2.24) is 9.97 Å². The lowest BCUT2D eigenvalue weighted by molar-refractivity contribution is -0.114. The van der Waals surface area contributed by atoms with Gasteiger partial charge in [-0.25, -0.2) is 9.97 Å². The number of aromatic nitrogens is 2. The van der Waals surface area contributed by atoms with Crippen LogP contribution in [0.15, 0.2) is 24.0 Å². The molecule has 25 heavy (non-hydrogen) atoms. The first-order valence-electron chi connectivity index (χ1n) is 10.2. The lowest BCUT2D eigenvalue weighted by Gasteiger charge is -2.19. The Labute approximate surface area is 155 Å². The van der Waals surface area contributed by atoms with E-state index in [2.05, 4.69) is 30.7 Å². The van der Waals surface area contributed by atoms with Crippen LogP contribution in [0.1, 0.15) is 91.5 Å². The maximum Gasteiger partial charge on any atom is 0.155 e. The zero-order chi connectivity index (χ0) is 19.1. The minimum Gasteiger partial charge on any atom is -0.295 e. The summed E-state index contributed by atoms with van der Waals surface area (Å²) in [6, 6.07) is 0. The maximum absolute atomic E-state index is 11.9. The first-order valence-corrected chi connectivity index (χ1v) is 10.2. The van der Waals surface area contributed by atoms with Crippen molar-refractivity contribution in [2.75, 3.05) is 0 Å². The molecule has 0 aliphatic carbocycles. The van der Waals surface area contributed by atoms with E-state index in [0.29, 0.717) is 18.8 Å². The summed E-state index contributed by atoms with van der Waals surface area (Å²) in [5, 5.41) is 0. The molecule has 0 bridgehead atoms. The van der Waals surface area contributed by atoms with Gasteiger partial charge in [0.1, 0.15) is 5.82 Å². The summed E-state index contributed by atoms with van der Waals surface area (Å²) in [7, 11) is 0. The average Bonchev–Trinajstić information content (AvgIpc) is 2.64.